The quantitative estimate of drug-likeness (QED) is 0.661. The van der Waals surface area contributed by atoms with Crippen LogP contribution >= 0.6 is 11.3 Å². The lowest BCUT2D eigenvalue weighted by Gasteiger charge is -2.12. The van der Waals surface area contributed by atoms with Gasteiger partial charge in [0.2, 0.25) is 5.91 Å². The molecule has 146 valence electrons. The number of hydrogen-bond acceptors (Lipinski definition) is 4. The highest BCUT2D eigenvalue weighted by Crippen LogP contribution is 2.38. The number of carbonyl (C=O) groups excluding carboxylic acids is 2. The first-order valence-electron chi connectivity index (χ1n) is 9.76. The Labute approximate surface area is 168 Å². The number of carbonyl (C=O) groups is 2. The van der Waals surface area contributed by atoms with Crippen molar-refractivity contribution in [2.24, 2.45) is 0 Å². The first-order valence-corrected chi connectivity index (χ1v) is 10.6. The average Bonchev–Trinajstić information content (AvgIpc) is 3.22. The topological polar surface area (TPSA) is 71.3 Å². The summed E-state index contributed by atoms with van der Waals surface area (Å²) in [6, 6.07) is 5.95. The highest BCUT2D eigenvalue weighted by molar-refractivity contribution is 7.17. The number of furan rings is 1. The largest absolute Gasteiger partial charge is 0.464 e. The van der Waals surface area contributed by atoms with E-state index in [1.54, 1.807) is 17.6 Å². The second-order valence-electron chi connectivity index (χ2n) is 7.26. The molecule has 0 spiro atoms. The molecule has 5 nitrogen and oxygen atoms in total. The molecule has 3 aromatic rings. The van der Waals surface area contributed by atoms with Crippen molar-refractivity contribution in [3.05, 3.63) is 51.6 Å². The SMILES string of the molecule is CCNC(=O)c1c(NC(=O)Cc2coc3ccc(C)cc23)sc2c1CCCC2. The number of nitrogens with one attached hydrogen (secondary N) is 2. The van der Waals surface area contributed by atoms with Crippen LogP contribution in [0.2, 0.25) is 0 Å². The van der Waals surface area contributed by atoms with Gasteiger partial charge in [0, 0.05) is 22.4 Å². The van der Waals surface area contributed by atoms with Crippen LogP contribution in [0.1, 0.15) is 51.7 Å². The third-order valence-electron chi connectivity index (χ3n) is 5.15. The number of fused-ring (bicyclic) bond motifs is 2. The molecule has 0 saturated carbocycles. The molecule has 2 aromatic heterocycles. The summed E-state index contributed by atoms with van der Waals surface area (Å²) in [4.78, 5) is 26.6. The predicted molar refractivity (Wildman–Crippen MR) is 112 cm³/mol. The van der Waals surface area contributed by atoms with Crippen LogP contribution in [0.25, 0.3) is 11.0 Å². The summed E-state index contributed by atoms with van der Waals surface area (Å²) >= 11 is 1.55. The van der Waals surface area contributed by atoms with Crippen LogP contribution in [0.4, 0.5) is 5.00 Å². The standard InChI is InChI=1S/C22H24N2O3S/c1-3-23-21(26)20-15-6-4-5-7-18(15)28-22(20)24-19(25)11-14-12-27-17-9-8-13(2)10-16(14)17/h8-10,12H,3-7,11H2,1-2H3,(H,23,26)(H,24,25). The molecular formula is C22H24N2O3S. The number of benzene rings is 1. The molecular weight excluding hydrogens is 372 g/mol. The molecule has 2 heterocycles. The Kier molecular flexibility index (Phi) is 5.22. The van der Waals surface area contributed by atoms with E-state index in [2.05, 4.69) is 10.6 Å². The van der Waals surface area contributed by atoms with Crippen molar-refractivity contribution in [3.8, 4) is 0 Å². The molecule has 2 N–H and O–H groups in total. The number of amides is 2. The van der Waals surface area contributed by atoms with Gasteiger partial charge in [0.05, 0.1) is 18.2 Å². The van der Waals surface area contributed by atoms with Gasteiger partial charge in [0.25, 0.3) is 5.91 Å². The van der Waals surface area contributed by atoms with E-state index >= 15 is 0 Å². The van der Waals surface area contributed by atoms with Gasteiger partial charge in [-0.25, -0.2) is 0 Å². The van der Waals surface area contributed by atoms with Crippen molar-refractivity contribution in [2.45, 2.75) is 46.0 Å². The summed E-state index contributed by atoms with van der Waals surface area (Å²) in [5.41, 5.74) is 4.53. The maximum absolute atomic E-state index is 12.8. The molecule has 0 saturated heterocycles. The number of rotatable bonds is 5. The van der Waals surface area contributed by atoms with Gasteiger partial charge < -0.3 is 15.1 Å². The van der Waals surface area contributed by atoms with Gasteiger partial charge in [-0.15, -0.1) is 11.3 Å². The van der Waals surface area contributed by atoms with E-state index in [1.807, 2.05) is 32.0 Å². The maximum Gasteiger partial charge on any atom is 0.254 e. The van der Waals surface area contributed by atoms with E-state index in [9.17, 15) is 9.59 Å². The zero-order valence-corrected chi connectivity index (χ0v) is 17.0. The second-order valence-corrected chi connectivity index (χ2v) is 8.37. The third kappa shape index (κ3) is 3.56. The molecule has 0 bridgehead atoms. The molecule has 1 aliphatic carbocycles. The fourth-order valence-electron chi connectivity index (χ4n) is 3.82. The van der Waals surface area contributed by atoms with E-state index in [1.165, 1.54) is 4.88 Å². The van der Waals surface area contributed by atoms with Crippen molar-refractivity contribution in [2.75, 3.05) is 11.9 Å². The summed E-state index contributed by atoms with van der Waals surface area (Å²) in [6.45, 7) is 4.49. The number of thiophene rings is 1. The Morgan fingerprint density at radius 2 is 2.04 bits per heavy atom. The Balaban J connectivity index is 1.59. The molecule has 0 fully saturated rings. The van der Waals surface area contributed by atoms with Crippen LogP contribution < -0.4 is 10.6 Å². The van der Waals surface area contributed by atoms with Crippen molar-refractivity contribution in [1.82, 2.24) is 5.32 Å². The summed E-state index contributed by atoms with van der Waals surface area (Å²) in [5.74, 6) is -0.227. The molecule has 0 atom stereocenters. The van der Waals surface area contributed by atoms with Crippen LogP contribution in [-0.4, -0.2) is 18.4 Å². The summed E-state index contributed by atoms with van der Waals surface area (Å²) in [6.07, 6.45) is 5.97. The monoisotopic (exact) mass is 396 g/mol. The predicted octanol–water partition coefficient (Wildman–Crippen LogP) is 4.61. The minimum absolute atomic E-state index is 0.0958. The zero-order valence-electron chi connectivity index (χ0n) is 16.2. The van der Waals surface area contributed by atoms with E-state index in [-0.39, 0.29) is 18.2 Å². The fourth-order valence-corrected chi connectivity index (χ4v) is 5.12. The molecule has 1 aromatic carbocycles. The summed E-state index contributed by atoms with van der Waals surface area (Å²) in [5, 5.41) is 7.53. The van der Waals surface area contributed by atoms with Crippen molar-refractivity contribution >= 4 is 39.1 Å². The molecule has 0 unspecified atom stereocenters. The van der Waals surface area contributed by atoms with Gasteiger partial charge in [-0.1, -0.05) is 11.6 Å². The number of anilines is 1. The average molecular weight is 397 g/mol. The number of hydrogen-bond donors (Lipinski definition) is 2. The molecule has 0 aliphatic heterocycles. The van der Waals surface area contributed by atoms with E-state index in [0.717, 1.165) is 53.3 Å². The Bertz CT molecular complexity index is 1050. The van der Waals surface area contributed by atoms with E-state index in [4.69, 9.17) is 4.42 Å². The van der Waals surface area contributed by atoms with Gasteiger partial charge in [-0.3, -0.25) is 9.59 Å². The first kappa shape index (κ1) is 18.7. The van der Waals surface area contributed by atoms with E-state index in [0.29, 0.717) is 17.1 Å². The maximum atomic E-state index is 12.8. The molecule has 28 heavy (non-hydrogen) atoms. The lowest BCUT2D eigenvalue weighted by Crippen LogP contribution is -2.25. The minimum atomic E-state index is -0.131. The van der Waals surface area contributed by atoms with Crippen LogP contribution in [-0.2, 0) is 24.1 Å². The summed E-state index contributed by atoms with van der Waals surface area (Å²) < 4.78 is 5.57. The molecule has 0 radical (unpaired) electrons. The lowest BCUT2D eigenvalue weighted by molar-refractivity contribution is -0.115. The van der Waals surface area contributed by atoms with Crippen molar-refractivity contribution in [1.29, 1.82) is 0 Å². The molecule has 6 heteroatoms. The van der Waals surface area contributed by atoms with Crippen LogP contribution in [0.15, 0.2) is 28.9 Å². The molecule has 1 aliphatic rings. The van der Waals surface area contributed by atoms with Gasteiger partial charge in [-0.05, 0) is 57.2 Å². The Morgan fingerprint density at radius 1 is 1.21 bits per heavy atom. The highest BCUT2D eigenvalue weighted by Gasteiger charge is 2.26. The Morgan fingerprint density at radius 3 is 2.86 bits per heavy atom. The van der Waals surface area contributed by atoms with Gasteiger partial charge in [0.15, 0.2) is 0 Å². The van der Waals surface area contributed by atoms with Crippen molar-refractivity contribution in [3.63, 3.8) is 0 Å². The van der Waals surface area contributed by atoms with Gasteiger partial charge >= 0.3 is 0 Å². The Hall–Kier alpha value is -2.60. The second kappa shape index (κ2) is 7.80. The van der Waals surface area contributed by atoms with Crippen molar-refractivity contribution < 1.29 is 14.0 Å². The normalized spacial score (nSPS) is 13.4. The minimum Gasteiger partial charge on any atom is -0.464 e. The zero-order chi connectivity index (χ0) is 19.7. The highest BCUT2D eigenvalue weighted by atomic mass is 32.1. The lowest BCUT2D eigenvalue weighted by atomic mass is 9.95. The summed E-state index contributed by atoms with van der Waals surface area (Å²) in [7, 11) is 0. The van der Waals surface area contributed by atoms with Crippen LogP contribution in [0.3, 0.4) is 0 Å². The smallest absolute Gasteiger partial charge is 0.254 e. The van der Waals surface area contributed by atoms with Crippen LogP contribution in [0.5, 0.6) is 0 Å². The first-order chi connectivity index (χ1) is 13.6. The van der Waals surface area contributed by atoms with E-state index < -0.39 is 0 Å². The van der Waals surface area contributed by atoms with Crippen LogP contribution in [0, 0.1) is 6.92 Å². The third-order valence-corrected chi connectivity index (χ3v) is 6.36. The molecule has 2 amide bonds. The van der Waals surface area contributed by atoms with Gasteiger partial charge in [-0.2, -0.15) is 0 Å². The number of aryl methyl sites for hydroxylation is 2. The fraction of sp³-hybridized carbons (Fsp3) is 0.364. The van der Waals surface area contributed by atoms with Gasteiger partial charge in [0.1, 0.15) is 10.6 Å². The molecule has 4 rings (SSSR count).